The molecule has 0 aliphatic carbocycles. The normalized spacial score (nSPS) is 25.4. The van der Waals surface area contributed by atoms with Crippen molar-refractivity contribution in [3.05, 3.63) is 0 Å². The van der Waals surface area contributed by atoms with Crippen LogP contribution in [-0.2, 0) is 0 Å². The Morgan fingerprint density at radius 3 is 2.85 bits per heavy atom. The Bertz CT molecular complexity index is 136. The predicted molar refractivity (Wildman–Crippen MR) is 55.7 cm³/mol. The first kappa shape index (κ1) is 11.0. The minimum Gasteiger partial charge on any atom is -0.396 e. The van der Waals surface area contributed by atoms with Crippen LogP contribution < -0.4 is 0 Å². The average molecular weight is 185 g/mol. The topological polar surface area (TPSA) is 23.5 Å². The Labute approximate surface area is 81.9 Å². The van der Waals surface area contributed by atoms with E-state index in [1.54, 1.807) is 0 Å². The van der Waals surface area contributed by atoms with Crippen molar-refractivity contribution in [1.82, 2.24) is 4.90 Å². The Morgan fingerprint density at radius 2 is 2.23 bits per heavy atom. The molecule has 78 valence electrons. The van der Waals surface area contributed by atoms with Crippen molar-refractivity contribution in [1.29, 1.82) is 0 Å². The molecule has 1 heterocycles. The van der Waals surface area contributed by atoms with Crippen molar-refractivity contribution in [2.45, 2.75) is 33.1 Å². The van der Waals surface area contributed by atoms with E-state index in [0.717, 1.165) is 12.5 Å². The summed E-state index contributed by atoms with van der Waals surface area (Å²) in [6.45, 7) is 8.49. The number of aliphatic hydroxyl groups excluding tert-OH is 1. The second-order valence-electron chi connectivity index (χ2n) is 4.67. The van der Waals surface area contributed by atoms with Crippen molar-refractivity contribution < 1.29 is 5.11 Å². The lowest BCUT2D eigenvalue weighted by Gasteiger charge is -2.32. The summed E-state index contributed by atoms with van der Waals surface area (Å²) in [5.74, 6) is 1.34. The summed E-state index contributed by atoms with van der Waals surface area (Å²) >= 11 is 0. The van der Waals surface area contributed by atoms with Gasteiger partial charge in [-0.25, -0.2) is 0 Å². The van der Waals surface area contributed by atoms with Crippen LogP contribution in [0.15, 0.2) is 0 Å². The van der Waals surface area contributed by atoms with Crippen molar-refractivity contribution in [2.24, 2.45) is 11.8 Å². The number of hydrogen-bond acceptors (Lipinski definition) is 2. The molecule has 1 fully saturated rings. The standard InChI is InChI=1S/C11H23NO/c1-10(2)5-7-12-6-3-4-11(8-12)9-13/h10-11,13H,3-9H2,1-2H3. The summed E-state index contributed by atoms with van der Waals surface area (Å²) in [6.07, 6.45) is 3.77. The first-order valence-corrected chi connectivity index (χ1v) is 5.55. The molecule has 0 spiro atoms. The molecular weight excluding hydrogens is 162 g/mol. The highest BCUT2D eigenvalue weighted by Gasteiger charge is 2.18. The summed E-state index contributed by atoms with van der Waals surface area (Å²) < 4.78 is 0. The van der Waals surface area contributed by atoms with Gasteiger partial charge in [-0.1, -0.05) is 13.8 Å². The van der Waals surface area contributed by atoms with Crippen LogP contribution in [0.3, 0.4) is 0 Å². The Hall–Kier alpha value is -0.0800. The van der Waals surface area contributed by atoms with Gasteiger partial charge in [0.05, 0.1) is 0 Å². The van der Waals surface area contributed by atoms with Crippen LogP contribution in [0.2, 0.25) is 0 Å². The monoisotopic (exact) mass is 185 g/mol. The maximum Gasteiger partial charge on any atom is 0.0471 e. The zero-order valence-electron chi connectivity index (χ0n) is 9.00. The molecule has 1 aliphatic rings. The molecule has 0 radical (unpaired) electrons. The molecule has 2 nitrogen and oxygen atoms in total. The lowest BCUT2D eigenvalue weighted by atomic mass is 9.98. The predicted octanol–water partition coefficient (Wildman–Crippen LogP) is 1.74. The minimum absolute atomic E-state index is 0.373. The van der Waals surface area contributed by atoms with Crippen molar-refractivity contribution in [2.75, 3.05) is 26.2 Å². The van der Waals surface area contributed by atoms with Crippen LogP contribution in [0.4, 0.5) is 0 Å². The van der Waals surface area contributed by atoms with Gasteiger partial charge < -0.3 is 10.0 Å². The number of likely N-dealkylation sites (tertiary alicyclic amines) is 1. The highest BCUT2D eigenvalue weighted by atomic mass is 16.3. The first-order valence-electron chi connectivity index (χ1n) is 5.55. The highest BCUT2D eigenvalue weighted by molar-refractivity contribution is 4.72. The second-order valence-corrected chi connectivity index (χ2v) is 4.67. The smallest absolute Gasteiger partial charge is 0.0471 e. The molecule has 0 amide bonds. The van der Waals surface area contributed by atoms with Crippen LogP contribution in [0.1, 0.15) is 33.1 Å². The quantitative estimate of drug-likeness (QED) is 0.721. The van der Waals surface area contributed by atoms with Gasteiger partial charge in [0.15, 0.2) is 0 Å². The largest absolute Gasteiger partial charge is 0.396 e. The molecule has 0 aromatic heterocycles. The van der Waals surface area contributed by atoms with E-state index >= 15 is 0 Å². The van der Waals surface area contributed by atoms with E-state index in [2.05, 4.69) is 18.7 Å². The molecule has 1 unspecified atom stereocenters. The summed E-state index contributed by atoms with van der Waals surface area (Å²) in [6, 6.07) is 0. The molecule has 1 aliphatic heterocycles. The number of piperidine rings is 1. The third-order valence-corrected chi connectivity index (χ3v) is 2.88. The van der Waals surface area contributed by atoms with Gasteiger partial charge in [-0.15, -0.1) is 0 Å². The lowest BCUT2D eigenvalue weighted by molar-refractivity contribution is 0.117. The minimum atomic E-state index is 0.373. The van der Waals surface area contributed by atoms with E-state index in [1.807, 2.05) is 0 Å². The lowest BCUT2D eigenvalue weighted by Crippen LogP contribution is -2.37. The third-order valence-electron chi connectivity index (χ3n) is 2.88. The van der Waals surface area contributed by atoms with Crippen LogP contribution in [0, 0.1) is 11.8 Å². The van der Waals surface area contributed by atoms with Gasteiger partial charge in [0.25, 0.3) is 0 Å². The van der Waals surface area contributed by atoms with Crippen LogP contribution in [0.25, 0.3) is 0 Å². The summed E-state index contributed by atoms with van der Waals surface area (Å²) in [5, 5.41) is 9.06. The van der Waals surface area contributed by atoms with Crippen LogP contribution in [-0.4, -0.2) is 36.2 Å². The number of rotatable bonds is 4. The van der Waals surface area contributed by atoms with E-state index in [4.69, 9.17) is 5.11 Å². The van der Waals surface area contributed by atoms with Crippen molar-refractivity contribution >= 4 is 0 Å². The van der Waals surface area contributed by atoms with Gasteiger partial charge in [-0.05, 0) is 44.2 Å². The maximum absolute atomic E-state index is 9.06. The van der Waals surface area contributed by atoms with Gasteiger partial charge in [0.2, 0.25) is 0 Å². The van der Waals surface area contributed by atoms with Gasteiger partial charge in [0, 0.05) is 13.2 Å². The zero-order chi connectivity index (χ0) is 9.68. The maximum atomic E-state index is 9.06. The van der Waals surface area contributed by atoms with Gasteiger partial charge in [-0.3, -0.25) is 0 Å². The number of aliphatic hydroxyl groups is 1. The molecule has 1 N–H and O–H groups in total. The SMILES string of the molecule is CC(C)CCN1CCCC(CO)C1. The van der Waals surface area contributed by atoms with Crippen molar-refractivity contribution in [3.8, 4) is 0 Å². The average Bonchev–Trinajstić information content (AvgIpc) is 2.15. The fourth-order valence-electron chi connectivity index (χ4n) is 1.94. The van der Waals surface area contributed by atoms with Gasteiger partial charge >= 0.3 is 0 Å². The summed E-state index contributed by atoms with van der Waals surface area (Å²) in [7, 11) is 0. The number of hydrogen-bond donors (Lipinski definition) is 1. The van der Waals surface area contributed by atoms with E-state index in [1.165, 1.54) is 32.4 Å². The second kappa shape index (κ2) is 5.61. The molecule has 1 saturated heterocycles. The van der Waals surface area contributed by atoms with Gasteiger partial charge in [0.1, 0.15) is 0 Å². The van der Waals surface area contributed by atoms with E-state index in [-0.39, 0.29) is 0 Å². The fraction of sp³-hybridized carbons (Fsp3) is 1.00. The van der Waals surface area contributed by atoms with Crippen LogP contribution >= 0.6 is 0 Å². The van der Waals surface area contributed by atoms with E-state index in [0.29, 0.717) is 12.5 Å². The zero-order valence-corrected chi connectivity index (χ0v) is 9.00. The molecule has 1 atom stereocenters. The highest BCUT2D eigenvalue weighted by Crippen LogP contribution is 2.16. The summed E-state index contributed by atoms with van der Waals surface area (Å²) in [5.41, 5.74) is 0. The molecule has 0 aromatic rings. The molecule has 0 aromatic carbocycles. The Balaban J connectivity index is 2.18. The van der Waals surface area contributed by atoms with Crippen molar-refractivity contribution in [3.63, 3.8) is 0 Å². The molecule has 2 heteroatoms. The van der Waals surface area contributed by atoms with Crippen LogP contribution in [0.5, 0.6) is 0 Å². The Morgan fingerprint density at radius 1 is 1.46 bits per heavy atom. The Kier molecular flexibility index (Phi) is 4.74. The van der Waals surface area contributed by atoms with E-state index in [9.17, 15) is 0 Å². The fourth-order valence-corrected chi connectivity index (χ4v) is 1.94. The molecule has 1 rings (SSSR count). The van der Waals surface area contributed by atoms with Gasteiger partial charge in [-0.2, -0.15) is 0 Å². The number of nitrogens with zero attached hydrogens (tertiary/aromatic N) is 1. The van der Waals surface area contributed by atoms with E-state index < -0.39 is 0 Å². The molecule has 13 heavy (non-hydrogen) atoms. The molecular formula is C11H23NO. The molecule has 0 saturated carbocycles. The summed E-state index contributed by atoms with van der Waals surface area (Å²) in [4.78, 5) is 2.50. The first-order chi connectivity index (χ1) is 6.22. The third kappa shape index (κ3) is 4.10. The molecule has 0 bridgehead atoms.